The van der Waals surface area contributed by atoms with E-state index in [1.165, 1.54) is 0 Å². The molecule has 0 saturated heterocycles. The maximum absolute atomic E-state index is 10.9. The average Bonchev–Trinajstić information content (AvgIpc) is 2.54. The Labute approximate surface area is 121 Å². The largest absolute Gasteiger partial charge is 0.385 e. The second-order valence-electron chi connectivity index (χ2n) is 5.07. The van der Waals surface area contributed by atoms with Gasteiger partial charge in [0.05, 0.1) is 5.60 Å². The van der Waals surface area contributed by atoms with Crippen LogP contribution in [-0.4, -0.2) is 10.7 Å². The first-order valence-corrected chi connectivity index (χ1v) is 7.24. The van der Waals surface area contributed by atoms with Crippen molar-refractivity contribution in [3.05, 3.63) is 71.8 Å². The molecule has 0 aliphatic carbocycles. The highest BCUT2D eigenvalue weighted by Crippen LogP contribution is 2.34. The molecule has 0 bridgehead atoms. The van der Waals surface area contributed by atoms with Crippen molar-refractivity contribution >= 4 is 11.6 Å². The summed E-state index contributed by atoms with van der Waals surface area (Å²) < 4.78 is 0. The Morgan fingerprint density at radius 1 is 0.900 bits per heavy atom. The third-order valence-electron chi connectivity index (χ3n) is 3.87. The molecular weight excluding hydrogens is 244 g/mol. The average molecular weight is 266 g/mol. The minimum Gasteiger partial charge on any atom is -0.385 e. The summed E-state index contributed by atoms with van der Waals surface area (Å²) in [4.78, 5) is 0. The molecule has 2 aromatic rings. The summed E-state index contributed by atoms with van der Waals surface area (Å²) in [6.07, 6.45) is 3.51. The summed E-state index contributed by atoms with van der Waals surface area (Å²) >= 11 is 0. The van der Waals surface area contributed by atoms with E-state index in [1.807, 2.05) is 50.2 Å². The van der Waals surface area contributed by atoms with Crippen LogP contribution in [0, 0.1) is 0 Å². The maximum Gasteiger partial charge on any atom is 0.0897 e. The first-order valence-electron chi connectivity index (χ1n) is 7.24. The van der Waals surface area contributed by atoms with Crippen LogP contribution < -0.4 is 0 Å². The standard InChI is InChI=1S/C19H22O/c1-3-19(20,4-2)18(17-13-9-6-10-14-17)15-16-11-7-5-8-12-16/h5-15,20H,3-4H2,1-2H3. The van der Waals surface area contributed by atoms with E-state index in [0.29, 0.717) is 12.8 Å². The molecule has 0 aromatic heterocycles. The second kappa shape index (κ2) is 6.53. The number of benzene rings is 2. The van der Waals surface area contributed by atoms with Gasteiger partial charge < -0.3 is 5.11 Å². The molecule has 20 heavy (non-hydrogen) atoms. The minimum atomic E-state index is -0.781. The molecule has 0 heterocycles. The highest BCUT2D eigenvalue weighted by atomic mass is 16.3. The lowest BCUT2D eigenvalue weighted by Gasteiger charge is -2.29. The van der Waals surface area contributed by atoms with Gasteiger partial charge in [0.25, 0.3) is 0 Å². The van der Waals surface area contributed by atoms with Gasteiger partial charge >= 0.3 is 0 Å². The molecule has 2 rings (SSSR count). The summed E-state index contributed by atoms with van der Waals surface area (Å²) in [5.74, 6) is 0. The molecule has 2 aromatic carbocycles. The van der Waals surface area contributed by atoms with Gasteiger partial charge in [0.2, 0.25) is 0 Å². The first kappa shape index (κ1) is 14.5. The molecular formula is C19H22O. The molecule has 0 spiro atoms. The van der Waals surface area contributed by atoms with Gasteiger partial charge in [0.15, 0.2) is 0 Å². The van der Waals surface area contributed by atoms with Gasteiger partial charge in [0.1, 0.15) is 0 Å². The van der Waals surface area contributed by atoms with Crippen molar-refractivity contribution in [2.75, 3.05) is 0 Å². The van der Waals surface area contributed by atoms with E-state index < -0.39 is 5.60 Å². The zero-order chi connectivity index (χ0) is 14.4. The molecule has 0 atom stereocenters. The highest BCUT2D eigenvalue weighted by molar-refractivity contribution is 5.85. The molecule has 1 nitrogen and oxygen atoms in total. The monoisotopic (exact) mass is 266 g/mol. The van der Waals surface area contributed by atoms with Gasteiger partial charge in [0, 0.05) is 0 Å². The van der Waals surface area contributed by atoms with Gasteiger partial charge in [-0.3, -0.25) is 0 Å². The molecule has 1 heteroatoms. The van der Waals surface area contributed by atoms with Gasteiger partial charge in [-0.25, -0.2) is 0 Å². The second-order valence-corrected chi connectivity index (χ2v) is 5.07. The summed E-state index contributed by atoms with van der Waals surface area (Å²) in [6, 6.07) is 20.3. The van der Waals surface area contributed by atoms with E-state index in [4.69, 9.17) is 0 Å². The molecule has 0 amide bonds. The van der Waals surface area contributed by atoms with Crippen LogP contribution in [0.25, 0.3) is 11.6 Å². The van der Waals surface area contributed by atoms with Gasteiger partial charge in [-0.15, -0.1) is 0 Å². The zero-order valence-electron chi connectivity index (χ0n) is 12.2. The number of hydrogen-bond donors (Lipinski definition) is 1. The van der Waals surface area contributed by atoms with Gasteiger partial charge in [-0.05, 0) is 35.6 Å². The van der Waals surface area contributed by atoms with E-state index in [1.54, 1.807) is 0 Å². The van der Waals surface area contributed by atoms with Crippen molar-refractivity contribution in [2.24, 2.45) is 0 Å². The fourth-order valence-electron chi connectivity index (χ4n) is 2.45. The normalized spacial score (nSPS) is 12.4. The number of rotatable bonds is 5. The Balaban J connectivity index is 2.53. The third-order valence-corrected chi connectivity index (χ3v) is 3.87. The maximum atomic E-state index is 10.9. The summed E-state index contributed by atoms with van der Waals surface area (Å²) in [6.45, 7) is 4.07. The summed E-state index contributed by atoms with van der Waals surface area (Å²) in [5.41, 5.74) is 2.42. The minimum absolute atomic E-state index is 0.705. The van der Waals surface area contributed by atoms with Crippen LogP contribution in [0.4, 0.5) is 0 Å². The molecule has 0 aliphatic rings. The molecule has 0 radical (unpaired) electrons. The van der Waals surface area contributed by atoms with Crippen molar-refractivity contribution in [2.45, 2.75) is 32.3 Å². The van der Waals surface area contributed by atoms with Crippen LogP contribution >= 0.6 is 0 Å². The van der Waals surface area contributed by atoms with E-state index in [2.05, 4.69) is 30.3 Å². The van der Waals surface area contributed by atoms with Gasteiger partial charge in [-0.2, -0.15) is 0 Å². The lowest BCUT2D eigenvalue weighted by molar-refractivity contribution is 0.0941. The van der Waals surface area contributed by atoms with E-state index in [0.717, 1.165) is 16.7 Å². The summed E-state index contributed by atoms with van der Waals surface area (Å²) in [5, 5.41) is 10.9. The lowest BCUT2D eigenvalue weighted by atomic mass is 9.83. The van der Waals surface area contributed by atoms with E-state index >= 15 is 0 Å². The SMILES string of the molecule is CCC(O)(CC)C(=Cc1ccccc1)c1ccccc1. The Kier molecular flexibility index (Phi) is 4.75. The predicted molar refractivity (Wildman–Crippen MR) is 86.3 cm³/mol. The van der Waals surface area contributed by atoms with E-state index in [9.17, 15) is 5.11 Å². The smallest absolute Gasteiger partial charge is 0.0897 e. The fourth-order valence-corrected chi connectivity index (χ4v) is 2.45. The number of aliphatic hydroxyl groups is 1. The Morgan fingerprint density at radius 2 is 1.40 bits per heavy atom. The van der Waals surface area contributed by atoms with Crippen molar-refractivity contribution in [1.29, 1.82) is 0 Å². The Morgan fingerprint density at radius 3 is 1.90 bits per heavy atom. The molecule has 0 aliphatic heterocycles. The predicted octanol–water partition coefficient (Wildman–Crippen LogP) is 4.78. The quantitative estimate of drug-likeness (QED) is 0.772. The molecule has 0 unspecified atom stereocenters. The number of hydrogen-bond acceptors (Lipinski definition) is 1. The zero-order valence-corrected chi connectivity index (χ0v) is 12.2. The first-order chi connectivity index (χ1) is 9.69. The lowest BCUT2D eigenvalue weighted by Crippen LogP contribution is -2.28. The van der Waals surface area contributed by atoms with Crippen molar-refractivity contribution in [3.8, 4) is 0 Å². The van der Waals surface area contributed by atoms with E-state index in [-0.39, 0.29) is 0 Å². The van der Waals surface area contributed by atoms with Crippen LogP contribution in [0.2, 0.25) is 0 Å². The molecule has 1 N–H and O–H groups in total. The third kappa shape index (κ3) is 3.17. The molecule has 104 valence electrons. The topological polar surface area (TPSA) is 20.2 Å². The van der Waals surface area contributed by atoms with Crippen LogP contribution in [0.15, 0.2) is 60.7 Å². The summed E-state index contributed by atoms with van der Waals surface area (Å²) in [7, 11) is 0. The Bertz CT molecular complexity index is 551. The fraction of sp³-hybridized carbons (Fsp3) is 0.263. The van der Waals surface area contributed by atoms with Crippen molar-refractivity contribution < 1.29 is 5.11 Å². The van der Waals surface area contributed by atoms with Gasteiger partial charge in [-0.1, -0.05) is 74.5 Å². The van der Waals surface area contributed by atoms with Crippen LogP contribution in [0.1, 0.15) is 37.8 Å². The molecule has 0 saturated carbocycles. The Hall–Kier alpha value is -1.86. The van der Waals surface area contributed by atoms with Crippen LogP contribution in [0.3, 0.4) is 0 Å². The van der Waals surface area contributed by atoms with Crippen LogP contribution in [-0.2, 0) is 0 Å². The van der Waals surface area contributed by atoms with Crippen molar-refractivity contribution in [3.63, 3.8) is 0 Å². The molecule has 0 fully saturated rings. The highest BCUT2D eigenvalue weighted by Gasteiger charge is 2.28. The van der Waals surface area contributed by atoms with Crippen molar-refractivity contribution in [1.82, 2.24) is 0 Å². The van der Waals surface area contributed by atoms with Crippen LogP contribution in [0.5, 0.6) is 0 Å².